The van der Waals surface area contributed by atoms with Gasteiger partial charge in [0.2, 0.25) is 0 Å². The Balaban J connectivity index is 1.91. The van der Waals surface area contributed by atoms with Crippen LogP contribution in [0, 0.1) is 5.92 Å². The highest BCUT2D eigenvalue weighted by atomic mass is 14.8. The fourth-order valence-electron chi connectivity index (χ4n) is 2.55. The Morgan fingerprint density at radius 1 is 1.07 bits per heavy atom. The van der Waals surface area contributed by atoms with Crippen molar-refractivity contribution >= 4 is 0 Å². The van der Waals surface area contributed by atoms with E-state index in [1.165, 1.54) is 43.2 Å². The highest BCUT2D eigenvalue weighted by Gasteiger charge is 2.14. The molecule has 0 bridgehead atoms. The lowest BCUT2D eigenvalue weighted by Gasteiger charge is -2.09. The molecule has 0 spiro atoms. The van der Waals surface area contributed by atoms with E-state index in [0.29, 0.717) is 0 Å². The Bertz CT molecular complexity index is 283. The zero-order valence-electron chi connectivity index (χ0n) is 9.63. The molecule has 0 unspecified atom stereocenters. The molecule has 1 nitrogen and oxygen atoms in total. The highest BCUT2D eigenvalue weighted by molar-refractivity contribution is 5.22. The van der Waals surface area contributed by atoms with Gasteiger partial charge in [-0.3, -0.25) is 0 Å². The molecule has 0 amide bonds. The van der Waals surface area contributed by atoms with Crippen molar-refractivity contribution < 1.29 is 0 Å². The summed E-state index contributed by atoms with van der Waals surface area (Å²) < 4.78 is 0. The summed E-state index contributed by atoms with van der Waals surface area (Å²) >= 11 is 0. The number of hydrogen-bond acceptors (Lipinski definition) is 1. The van der Waals surface area contributed by atoms with Gasteiger partial charge >= 0.3 is 0 Å². The molecular formula is C14H21N. The molecule has 0 radical (unpaired) electrons. The van der Waals surface area contributed by atoms with Gasteiger partial charge in [0.05, 0.1) is 0 Å². The minimum Gasteiger partial charge on any atom is -0.316 e. The third kappa shape index (κ3) is 3.07. The quantitative estimate of drug-likeness (QED) is 0.792. The lowest BCUT2D eigenvalue weighted by atomic mass is 9.97. The summed E-state index contributed by atoms with van der Waals surface area (Å²) in [7, 11) is 1.99. The highest BCUT2D eigenvalue weighted by Crippen LogP contribution is 2.27. The van der Waals surface area contributed by atoms with Crippen LogP contribution in [0.1, 0.15) is 36.8 Å². The normalized spacial score (nSPS) is 17.1. The Morgan fingerprint density at radius 2 is 1.67 bits per heavy atom. The fourth-order valence-corrected chi connectivity index (χ4v) is 2.55. The standard InChI is InChI=1S/C14H21N/c1-15-11-14-8-6-13(7-9-14)10-12-4-2-3-5-12/h6-9,12,15H,2-5,10-11H2,1H3. The van der Waals surface area contributed by atoms with Crippen LogP contribution in [0.3, 0.4) is 0 Å². The van der Waals surface area contributed by atoms with Crippen LogP contribution in [-0.2, 0) is 13.0 Å². The number of rotatable bonds is 4. The Morgan fingerprint density at radius 3 is 2.27 bits per heavy atom. The molecule has 82 valence electrons. The fraction of sp³-hybridized carbons (Fsp3) is 0.571. The molecule has 1 saturated carbocycles. The molecule has 2 rings (SSSR count). The Kier molecular flexibility index (Phi) is 3.79. The van der Waals surface area contributed by atoms with Crippen molar-refractivity contribution in [2.75, 3.05) is 7.05 Å². The third-order valence-electron chi connectivity index (χ3n) is 3.40. The number of nitrogens with one attached hydrogen (secondary N) is 1. The van der Waals surface area contributed by atoms with Gasteiger partial charge in [0, 0.05) is 6.54 Å². The van der Waals surface area contributed by atoms with E-state index in [2.05, 4.69) is 29.6 Å². The van der Waals surface area contributed by atoms with E-state index in [4.69, 9.17) is 0 Å². The van der Waals surface area contributed by atoms with E-state index in [1.807, 2.05) is 7.05 Å². The van der Waals surface area contributed by atoms with Gasteiger partial charge in [-0.05, 0) is 30.5 Å². The van der Waals surface area contributed by atoms with Crippen LogP contribution < -0.4 is 5.32 Å². The molecule has 0 aromatic heterocycles. The second-order valence-corrected chi connectivity index (χ2v) is 4.70. The van der Waals surface area contributed by atoms with Crippen LogP contribution in [0.4, 0.5) is 0 Å². The van der Waals surface area contributed by atoms with Gasteiger partial charge in [-0.25, -0.2) is 0 Å². The zero-order valence-corrected chi connectivity index (χ0v) is 9.63. The summed E-state index contributed by atoms with van der Waals surface area (Å²) in [5.41, 5.74) is 2.90. The SMILES string of the molecule is CNCc1ccc(CC2CCCC2)cc1. The first-order valence-corrected chi connectivity index (χ1v) is 6.11. The van der Waals surface area contributed by atoms with Crippen LogP contribution in [-0.4, -0.2) is 7.05 Å². The molecule has 0 heterocycles. The molecule has 1 aliphatic carbocycles. The first-order valence-electron chi connectivity index (χ1n) is 6.11. The van der Waals surface area contributed by atoms with Crippen molar-refractivity contribution in [1.29, 1.82) is 0 Å². The average molecular weight is 203 g/mol. The molecule has 0 aliphatic heterocycles. The van der Waals surface area contributed by atoms with Crippen LogP contribution >= 0.6 is 0 Å². The van der Waals surface area contributed by atoms with Crippen molar-refractivity contribution in [3.05, 3.63) is 35.4 Å². The molecule has 1 N–H and O–H groups in total. The summed E-state index contributed by atoms with van der Waals surface area (Å²) in [5.74, 6) is 0.958. The van der Waals surface area contributed by atoms with E-state index in [1.54, 1.807) is 0 Å². The smallest absolute Gasteiger partial charge is 0.0202 e. The van der Waals surface area contributed by atoms with Crippen molar-refractivity contribution in [3.63, 3.8) is 0 Å². The average Bonchev–Trinajstić information content (AvgIpc) is 2.74. The van der Waals surface area contributed by atoms with E-state index in [9.17, 15) is 0 Å². The van der Waals surface area contributed by atoms with Gasteiger partial charge in [0.15, 0.2) is 0 Å². The predicted molar refractivity (Wildman–Crippen MR) is 64.9 cm³/mol. The van der Waals surface area contributed by atoms with Crippen molar-refractivity contribution in [1.82, 2.24) is 5.32 Å². The topological polar surface area (TPSA) is 12.0 Å². The van der Waals surface area contributed by atoms with Crippen LogP contribution in [0.15, 0.2) is 24.3 Å². The lowest BCUT2D eigenvalue weighted by molar-refractivity contribution is 0.546. The maximum atomic E-state index is 3.18. The summed E-state index contributed by atoms with van der Waals surface area (Å²) in [6.07, 6.45) is 7.07. The maximum Gasteiger partial charge on any atom is 0.0202 e. The number of hydrogen-bond donors (Lipinski definition) is 1. The summed E-state index contributed by atoms with van der Waals surface area (Å²) in [5, 5.41) is 3.18. The minimum absolute atomic E-state index is 0.958. The van der Waals surface area contributed by atoms with Gasteiger partial charge in [-0.2, -0.15) is 0 Å². The van der Waals surface area contributed by atoms with Crippen LogP contribution in [0.25, 0.3) is 0 Å². The van der Waals surface area contributed by atoms with Crippen molar-refractivity contribution in [3.8, 4) is 0 Å². The number of benzene rings is 1. The predicted octanol–water partition coefficient (Wildman–Crippen LogP) is 3.14. The summed E-state index contributed by atoms with van der Waals surface area (Å²) in [6.45, 7) is 0.976. The molecule has 1 aromatic rings. The summed E-state index contributed by atoms with van der Waals surface area (Å²) in [6, 6.07) is 9.09. The lowest BCUT2D eigenvalue weighted by Crippen LogP contribution is -2.05. The molecule has 0 atom stereocenters. The zero-order chi connectivity index (χ0) is 10.5. The summed E-state index contributed by atoms with van der Waals surface area (Å²) in [4.78, 5) is 0. The molecule has 1 aliphatic rings. The molecule has 1 heteroatoms. The first-order chi connectivity index (χ1) is 7.38. The Hall–Kier alpha value is -0.820. The molecule has 15 heavy (non-hydrogen) atoms. The van der Waals surface area contributed by atoms with Gasteiger partial charge in [-0.1, -0.05) is 49.9 Å². The molecular weight excluding hydrogens is 182 g/mol. The van der Waals surface area contributed by atoms with Crippen molar-refractivity contribution in [2.24, 2.45) is 5.92 Å². The second-order valence-electron chi connectivity index (χ2n) is 4.70. The molecule has 1 aromatic carbocycles. The molecule has 1 fully saturated rings. The monoisotopic (exact) mass is 203 g/mol. The third-order valence-corrected chi connectivity index (χ3v) is 3.40. The largest absolute Gasteiger partial charge is 0.316 e. The van der Waals surface area contributed by atoms with E-state index >= 15 is 0 Å². The van der Waals surface area contributed by atoms with Gasteiger partial charge in [0.25, 0.3) is 0 Å². The Labute approximate surface area is 92.9 Å². The van der Waals surface area contributed by atoms with Gasteiger partial charge < -0.3 is 5.32 Å². The van der Waals surface area contributed by atoms with E-state index < -0.39 is 0 Å². The van der Waals surface area contributed by atoms with E-state index in [0.717, 1.165) is 12.5 Å². The van der Waals surface area contributed by atoms with Gasteiger partial charge in [0.1, 0.15) is 0 Å². The van der Waals surface area contributed by atoms with Crippen molar-refractivity contribution in [2.45, 2.75) is 38.6 Å². The molecule has 0 saturated heterocycles. The minimum atomic E-state index is 0.958. The van der Waals surface area contributed by atoms with Crippen LogP contribution in [0.5, 0.6) is 0 Å². The van der Waals surface area contributed by atoms with E-state index in [-0.39, 0.29) is 0 Å². The second kappa shape index (κ2) is 5.32. The van der Waals surface area contributed by atoms with Gasteiger partial charge in [-0.15, -0.1) is 0 Å². The first kappa shape index (κ1) is 10.7. The van der Waals surface area contributed by atoms with Crippen LogP contribution in [0.2, 0.25) is 0 Å². The maximum absolute atomic E-state index is 3.18.